The number of benzene rings is 1. The van der Waals surface area contributed by atoms with Gasteiger partial charge in [0.15, 0.2) is 28.6 Å². The maximum absolute atomic E-state index is 14.8. The van der Waals surface area contributed by atoms with Crippen molar-refractivity contribution in [2.75, 3.05) is 69.7 Å². The Morgan fingerprint density at radius 1 is 1.11 bits per heavy atom. The zero-order valence-electron chi connectivity index (χ0n) is 24.1. The van der Waals surface area contributed by atoms with Crippen LogP contribution in [0.5, 0.6) is 5.75 Å². The lowest BCUT2D eigenvalue weighted by Gasteiger charge is -2.36. The molecular formula is C28H32F2N10O4. The van der Waals surface area contributed by atoms with Crippen LogP contribution in [0.25, 0.3) is 28.4 Å². The normalized spacial score (nSPS) is 18.1. The third-order valence-corrected chi connectivity index (χ3v) is 8.10. The van der Waals surface area contributed by atoms with E-state index in [-0.39, 0.29) is 30.1 Å². The van der Waals surface area contributed by atoms with Crippen molar-refractivity contribution in [1.82, 2.24) is 38.9 Å². The predicted octanol–water partition coefficient (Wildman–Crippen LogP) is 1.09. The van der Waals surface area contributed by atoms with Crippen molar-refractivity contribution in [3.63, 3.8) is 0 Å². The zero-order valence-corrected chi connectivity index (χ0v) is 24.1. The van der Waals surface area contributed by atoms with Crippen molar-refractivity contribution in [3.05, 3.63) is 52.6 Å². The molecule has 6 heterocycles. The van der Waals surface area contributed by atoms with Gasteiger partial charge in [-0.2, -0.15) is 9.50 Å². The van der Waals surface area contributed by atoms with Gasteiger partial charge in [0.1, 0.15) is 24.0 Å². The number of rotatable bonds is 8. The van der Waals surface area contributed by atoms with Crippen LogP contribution < -0.4 is 26.4 Å². The van der Waals surface area contributed by atoms with Crippen LogP contribution in [-0.2, 0) is 18.3 Å². The highest BCUT2D eigenvalue weighted by atomic mass is 19.1. The van der Waals surface area contributed by atoms with Crippen molar-refractivity contribution in [1.29, 1.82) is 0 Å². The lowest BCUT2D eigenvalue weighted by Crippen LogP contribution is -2.47. The van der Waals surface area contributed by atoms with E-state index in [0.29, 0.717) is 86.5 Å². The molecule has 44 heavy (non-hydrogen) atoms. The molecule has 5 aromatic rings. The summed E-state index contributed by atoms with van der Waals surface area (Å²) in [4.78, 5) is 26.4. The summed E-state index contributed by atoms with van der Waals surface area (Å²) in [5.74, 6) is -0.484. The van der Waals surface area contributed by atoms with Crippen LogP contribution in [0, 0.1) is 11.6 Å². The van der Waals surface area contributed by atoms with Crippen LogP contribution >= 0.6 is 0 Å². The lowest BCUT2D eigenvalue weighted by molar-refractivity contribution is -0.000550. The molecule has 2 aliphatic rings. The smallest absolute Gasteiger partial charge is 0.330 e. The molecule has 4 aromatic heterocycles. The van der Waals surface area contributed by atoms with Gasteiger partial charge in [0.05, 0.1) is 18.6 Å². The third-order valence-electron chi connectivity index (χ3n) is 8.10. The van der Waals surface area contributed by atoms with E-state index in [1.54, 1.807) is 23.7 Å². The molecule has 232 valence electrons. The molecule has 0 radical (unpaired) electrons. The zero-order chi connectivity index (χ0) is 30.4. The van der Waals surface area contributed by atoms with E-state index in [1.807, 2.05) is 4.90 Å². The van der Waals surface area contributed by atoms with E-state index in [2.05, 4.69) is 25.3 Å². The quantitative estimate of drug-likeness (QED) is 0.260. The first-order valence-electron chi connectivity index (χ1n) is 14.4. The van der Waals surface area contributed by atoms with Gasteiger partial charge in [0.25, 0.3) is 0 Å². The van der Waals surface area contributed by atoms with Gasteiger partial charge in [-0.15, -0.1) is 5.10 Å². The molecule has 1 unspecified atom stereocenters. The minimum Gasteiger partial charge on any atom is -0.488 e. The molecule has 0 bridgehead atoms. The number of nitrogens with one attached hydrogen (secondary N) is 1. The number of furan rings is 1. The third kappa shape index (κ3) is 5.14. The molecule has 0 saturated carbocycles. The summed E-state index contributed by atoms with van der Waals surface area (Å²) in [6.45, 7) is 5.30. The molecule has 0 spiro atoms. The van der Waals surface area contributed by atoms with Crippen molar-refractivity contribution in [2.45, 2.75) is 12.6 Å². The number of piperazine rings is 1. The van der Waals surface area contributed by atoms with Gasteiger partial charge in [-0.25, -0.2) is 18.6 Å². The minimum absolute atomic E-state index is 0.00169. The number of anilines is 2. The highest BCUT2D eigenvalue weighted by molar-refractivity contribution is 5.88. The van der Waals surface area contributed by atoms with Gasteiger partial charge in [0.2, 0.25) is 11.8 Å². The van der Waals surface area contributed by atoms with Gasteiger partial charge in [-0.3, -0.25) is 14.0 Å². The summed E-state index contributed by atoms with van der Waals surface area (Å²) < 4.78 is 50.5. The monoisotopic (exact) mass is 610 g/mol. The number of nitrogens with zero attached hydrogens (tertiary/aromatic N) is 8. The summed E-state index contributed by atoms with van der Waals surface area (Å²) in [5.41, 5.74) is 7.58. The van der Waals surface area contributed by atoms with Crippen LogP contribution in [0.3, 0.4) is 0 Å². The Labute approximate surface area is 249 Å². The van der Waals surface area contributed by atoms with E-state index in [9.17, 15) is 13.6 Å². The summed E-state index contributed by atoms with van der Waals surface area (Å²) >= 11 is 0. The second-order valence-corrected chi connectivity index (χ2v) is 10.9. The highest BCUT2D eigenvalue weighted by Crippen LogP contribution is 2.29. The van der Waals surface area contributed by atoms with Crippen molar-refractivity contribution in [2.24, 2.45) is 7.05 Å². The Kier molecular flexibility index (Phi) is 7.39. The lowest BCUT2D eigenvalue weighted by atomic mass is 10.2. The Hall–Kier alpha value is -4.54. The van der Waals surface area contributed by atoms with Crippen LogP contribution in [0.15, 0.2) is 39.7 Å². The van der Waals surface area contributed by atoms with Gasteiger partial charge < -0.3 is 29.8 Å². The molecule has 7 rings (SSSR count). The first-order chi connectivity index (χ1) is 21.4. The molecule has 16 heteroatoms. The van der Waals surface area contributed by atoms with E-state index in [0.717, 1.165) is 12.6 Å². The number of nitrogens with two attached hydrogens (primary N) is 1. The molecule has 2 aliphatic heterocycles. The molecule has 3 N–H and O–H groups in total. The summed E-state index contributed by atoms with van der Waals surface area (Å²) in [6.07, 6.45) is 1.33. The van der Waals surface area contributed by atoms with Gasteiger partial charge in [-0.1, -0.05) is 0 Å². The van der Waals surface area contributed by atoms with E-state index < -0.39 is 11.6 Å². The fourth-order valence-corrected chi connectivity index (χ4v) is 5.74. The minimum atomic E-state index is -0.746. The Balaban J connectivity index is 1.04. The van der Waals surface area contributed by atoms with E-state index >= 15 is 0 Å². The Morgan fingerprint density at radius 2 is 1.95 bits per heavy atom. The number of hydrogen-bond acceptors (Lipinski definition) is 11. The molecule has 1 aromatic carbocycles. The predicted molar refractivity (Wildman–Crippen MR) is 157 cm³/mol. The van der Waals surface area contributed by atoms with Crippen LogP contribution in [0.2, 0.25) is 0 Å². The first-order valence-corrected chi connectivity index (χ1v) is 14.4. The second kappa shape index (κ2) is 11.5. The van der Waals surface area contributed by atoms with Gasteiger partial charge in [-0.05, 0) is 12.1 Å². The number of aryl methyl sites for hydroxylation is 1. The highest BCUT2D eigenvalue weighted by Gasteiger charge is 2.25. The number of aromatic nitrogens is 6. The Morgan fingerprint density at radius 3 is 2.70 bits per heavy atom. The number of fused-ring (bicyclic) bond motifs is 3. The standard InChI is InChI=1S/C28H32F2N10O4/c1-36-23-25(34-27(31)40-26(23)33-24(35-40)21-3-2-11-43-21)39(28(36)41)10-7-37-5-8-38(9-6-37)20-14-22(19(30)13-18(20)29)44-16-17-15-32-4-12-42-17/h2-3,11,13-14,17,32H,4-10,12,15-16H2,1H3,(H2,31,34). The Bertz CT molecular complexity index is 1850. The second-order valence-electron chi connectivity index (χ2n) is 10.9. The number of morpholine rings is 1. The number of halogens is 2. The average Bonchev–Trinajstić information content (AvgIpc) is 3.77. The molecule has 14 nitrogen and oxygen atoms in total. The molecular weight excluding hydrogens is 578 g/mol. The fourth-order valence-electron chi connectivity index (χ4n) is 5.74. The SMILES string of the molecule is Cn1c(=O)n(CCN2CCN(c3cc(OCC4CNCCO4)c(F)cc3F)CC2)c2nc(N)n3nc(-c4ccco4)nc3c21. The van der Waals surface area contributed by atoms with Gasteiger partial charge in [0, 0.05) is 71.5 Å². The van der Waals surface area contributed by atoms with Crippen LogP contribution in [0.4, 0.5) is 20.4 Å². The number of hydrogen-bond donors (Lipinski definition) is 2. The molecule has 1 atom stereocenters. The fraction of sp³-hybridized carbons (Fsp3) is 0.429. The van der Waals surface area contributed by atoms with Crippen molar-refractivity contribution >= 4 is 28.4 Å². The average molecular weight is 611 g/mol. The van der Waals surface area contributed by atoms with E-state index in [1.165, 1.54) is 21.4 Å². The van der Waals surface area contributed by atoms with Gasteiger partial charge >= 0.3 is 5.69 Å². The molecule has 0 amide bonds. The number of imidazole rings is 1. The maximum atomic E-state index is 14.8. The summed E-state index contributed by atoms with van der Waals surface area (Å²) in [6, 6.07) is 5.76. The first kappa shape index (κ1) is 28.2. The van der Waals surface area contributed by atoms with Crippen LogP contribution in [0.1, 0.15) is 0 Å². The number of nitrogen functional groups attached to an aromatic ring is 1. The van der Waals surface area contributed by atoms with Crippen molar-refractivity contribution in [3.8, 4) is 17.3 Å². The van der Waals surface area contributed by atoms with Crippen molar-refractivity contribution < 1.29 is 22.7 Å². The maximum Gasteiger partial charge on any atom is 0.330 e. The molecule has 2 fully saturated rings. The largest absolute Gasteiger partial charge is 0.488 e. The van der Waals surface area contributed by atoms with E-state index in [4.69, 9.17) is 19.6 Å². The topological polar surface area (TPSA) is 146 Å². The number of ether oxygens (including phenoxy) is 2. The molecule has 0 aliphatic carbocycles. The summed E-state index contributed by atoms with van der Waals surface area (Å²) in [5, 5.41) is 7.61. The summed E-state index contributed by atoms with van der Waals surface area (Å²) in [7, 11) is 1.66. The van der Waals surface area contributed by atoms with Crippen LogP contribution in [-0.4, -0.2) is 98.7 Å². The molecule has 2 saturated heterocycles.